The summed E-state index contributed by atoms with van der Waals surface area (Å²) in [7, 11) is 1.62. The van der Waals surface area contributed by atoms with E-state index in [9.17, 15) is 14.0 Å². The molecule has 4 rings (SSSR count). The molecule has 1 aromatic heterocycles. The molecule has 0 atom stereocenters. The molecule has 31 heavy (non-hydrogen) atoms. The fourth-order valence-electron chi connectivity index (χ4n) is 3.21. The molecule has 0 unspecified atom stereocenters. The Morgan fingerprint density at radius 1 is 0.935 bits per heavy atom. The lowest BCUT2D eigenvalue weighted by molar-refractivity contribution is -0.121. The number of carbonyl (C=O) groups excluding carboxylic acids is 2. The first kappa shape index (κ1) is 20.2. The van der Waals surface area contributed by atoms with E-state index in [1.807, 2.05) is 24.3 Å². The van der Waals surface area contributed by atoms with E-state index in [0.717, 1.165) is 0 Å². The van der Waals surface area contributed by atoms with Gasteiger partial charge in [-0.25, -0.2) is 14.2 Å². The van der Waals surface area contributed by atoms with Gasteiger partial charge in [-0.1, -0.05) is 36.4 Å². The van der Waals surface area contributed by atoms with Crippen molar-refractivity contribution in [1.29, 1.82) is 0 Å². The van der Waals surface area contributed by atoms with E-state index in [0.29, 0.717) is 33.4 Å². The minimum absolute atomic E-state index is 0.292. The van der Waals surface area contributed by atoms with Crippen LogP contribution in [0.1, 0.15) is 10.4 Å². The third-order valence-electron chi connectivity index (χ3n) is 4.92. The number of aromatic nitrogens is 1. The molecule has 4 aromatic rings. The summed E-state index contributed by atoms with van der Waals surface area (Å²) in [6, 6.07) is 23.7. The highest BCUT2D eigenvalue weighted by Crippen LogP contribution is 2.25. The van der Waals surface area contributed by atoms with Gasteiger partial charge in [0.1, 0.15) is 5.82 Å². The van der Waals surface area contributed by atoms with Crippen molar-refractivity contribution in [3.05, 3.63) is 96.3 Å². The van der Waals surface area contributed by atoms with E-state index in [4.69, 9.17) is 4.74 Å². The van der Waals surface area contributed by atoms with Gasteiger partial charge in [0.05, 0.1) is 16.8 Å². The van der Waals surface area contributed by atoms with Gasteiger partial charge in [0.2, 0.25) is 0 Å². The van der Waals surface area contributed by atoms with Crippen molar-refractivity contribution in [3.63, 3.8) is 0 Å². The second kappa shape index (κ2) is 8.75. The number of fused-ring (bicyclic) bond motifs is 1. The van der Waals surface area contributed by atoms with Gasteiger partial charge in [-0.2, -0.15) is 0 Å². The number of nitrogens with zero attached hydrogens (tertiary/aromatic N) is 2. The normalized spacial score (nSPS) is 10.6. The molecule has 0 bridgehead atoms. The van der Waals surface area contributed by atoms with Crippen LogP contribution in [0.15, 0.2) is 84.9 Å². The van der Waals surface area contributed by atoms with E-state index in [-0.39, 0.29) is 11.7 Å². The Morgan fingerprint density at radius 2 is 1.61 bits per heavy atom. The minimum atomic E-state index is -0.628. The van der Waals surface area contributed by atoms with Crippen LogP contribution < -0.4 is 4.90 Å². The van der Waals surface area contributed by atoms with E-state index in [2.05, 4.69) is 4.98 Å². The van der Waals surface area contributed by atoms with Crippen molar-refractivity contribution in [1.82, 2.24) is 4.98 Å². The molecule has 0 spiro atoms. The molecule has 5 nitrogen and oxygen atoms in total. The Morgan fingerprint density at radius 3 is 2.35 bits per heavy atom. The molecule has 6 heteroatoms. The number of ether oxygens (including phenoxy) is 1. The maximum absolute atomic E-state index is 13.3. The molecule has 0 aliphatic heterocycles. The van der Waals surface area contributed by atoms with Gasteiger partial charge in [-0.05, 0) is 48.5 Å². The van der Waals surface area contributed by atoms with Crippen LogP contribution in [0.25, 0.3) is 22.2 Å². The molecule has 0 N–H and O–H groups in total. The average molecular weight is 414 g/mol. The maximum atomic E-state index is 13.3. The number of benzene rings is 3. The number of likely N-dealkylation sites (N-methyl/N-ethyl adjacent to an activating group) is 1. The second-order valence-electron chi connectivity index (χ2n) is 6.94. The Balaban J connectivity index is 1.59. The average Bonchev–Trinajstić information content (AvgIpc) is 2.82. The van der Waals surface area contributed by atoms with Crippen LogP contribution in [0.3, 0.4) is 0 Å². The van der Waals surface area contributed by atoms with Crippen LogP contribution in [0, 0.1) is 5.82 Å². The zero-order chi connectivity index (χ0) is 21.8. The topological polar surface area (TPSA) is 59.5 Å². The lowest BCUT2D eigenvalue weighted by Crippen LogP contribution is -2.31. The highest BCUT2D eigenvalue weighted by molar-refractivity contribution is 6.05. The van der Waals surface area contributed by atoms with Crippen molar-refractivity contribution in [2.24, 2.45) is 0 Å². The number of carbonyl (C=O) groups is 2. The summed E-state index contributed by atoms with van der Waals surface area (Å²) in [4.78, 5) is 31.4. The van der Waals surface area contributed by atoms with Crippen LogP contribution in [0.4, 0.5) is 10.1 Å². The van der Waals surface area contributed by atoms with Crippen LogP contribution in [-0.4, -0.2) is 30.5 Å². The van der Waals surface area contributed by atoms with Crippen LogP contribution >= 0.6 is 0 Å². The summed E-state index contributed by atoms with van der Waals surface area (Å²) >= 11 is 0. The zero-order valence-corrected chi connectivity index (χ0v) is 16.8. The standard InChI is InChI=1S/C25H19FN2O3/c1-28(19-7-3-2-4-8-19)24(29)16-31-25(30)21-15-23(17-11-13-18(26)14-12-17)27-22-10-6-5-9-20(21)22/h2-15H,16H2,1H3. The van der Waals surface area contributed by atoms with E-state index < -0.39 is 12.6 Å². The molecule has 0 fully saturated rings. The molecular formula is C25H19FN2O3. The van der Waals surface area contributed by atoms with Crippen molar-refractivity contribution in [2.45, 2.75) is 0 Å². The monoisotopic (exact) mass is 414 g/mol. The van der Waals surface area contributed by atoms with E-state index in [1.54, 1.807) is 55.6 Å². The van der Waals surface area contributed by atoms with Gasteiger partial charge >= 0.3 is 5.97 Å². The predicted octanol–water partition coefficient (Wildman–Crippen LogP) is 4.86. The SMILES string of the molecule is CN(C(=O)COC(=O)c1cc(-c2ccc(F)cc2)nc2ccccc12)c1ccccc1. The Bertz CT molecular complexity index is 1240. The Hall–Kier alpha value is -4.06. The molecule has 0 aliphatic rings. The molecule has 0 saturated heterocycles. The fourth-order valence-corrected chi connectivity index (χ4v) is 3.21. The molecule has 0 saturated carbocycles. The first-order valence-corrected chi connectivity index (χ1v) is 9.67. The van der Waals surface area contributed by atoms with Crippen molar-refractivity contribution < 1.29 is 18.7 Å². The zero-order valence-electron chi connectivity index (χ0n) is 16.8. The first-order valence-electron chi connectivity index (χ1n) is 9.67. The fraction of sp³-hybridized carbons (Fsp3) is 0.0800. The molecular weight excluding hydrogens is 395 g/mol. The summed E-state index contributed by atoms with van der Waals surface area (Å²) < 4.78 is 18.6. The summed E-state index contributed by atoms with van der Waals surface area (Å²) in [5, 5.41) is 0.613. The lowest BCUT2D eigenvalue weighted by Gasteiger charge is -2.17. The molecule has 0 radical (unpaired) electrons. The smallest absolute Gasteiger partial charge is 0.339 e. The van der Waals surface area contributed by atoms with Gasteiger partial charge in [0.15, 0.2) is 6.61 Å². The summed E-state index contributed by atoms with van der Waals surface area (Å²) in [6.07, 6.45) is 0. The van der Waals surface area contributed by atoms with Crippen molar-refractivity contribution in [2.75, 3.05) is 18.6 Å². The third kappa shape index (κ3) is 4.43. The van der Waals surface area contributed by atoms with Gasteiger partial charge in [-0.15, -0.1) is 0 Å². The Kier molecular flexibility index (Phi) is 5.71. The number of amides is 1. The van der Waals surface area contributed by atoms with Crippen molar-refractivity contribution in [3.8, 4) is 11.3 Å². The van der Waals surface area contributed by atoms with Gasteiger partial charge in [0.25, 0.3) is 5.91 Å². The quantitative estimate of drug-likeness (QED) is 0.438. The summed E-state index contributed by atoms with van der Waals surface area (Å²) in [5.41, 5.74) is 2.78. The number of esters is 1. The van der Waals surface area contributed by atoms with E-state index >= 15 is 0 Å². The molecule has 3 aromatic carbocycles. The number of halogens is 1. The lowest BCUT2D eigenvalue weighted by atomic mass is 10.0. The number of anilines is 1. The molecule has 1 amide bonds. The minimum Gasteiger partial charge on any atom is -0.452 e. The van der Waals surface area contributed by atoms with Crippen molar-refractivity contribution >= 4 is 28.5 Å². The van der Waals surface area contributed by atoms with Gasteiger partial charge < -0.3 is 9.64 Å². The van der Waals surface area contributed by atoms with Gasteiger partial charge in [-0.3, -0.25) is 4.79 Å². The largest absolute Gasteiger partial charge is 0.452 e. The first-order chi connectivity index (χ1) is 15.0. The summed E-state index contributed by atoms with van der Waals surface area (Å²) in [5.74, 6) is -1.33. The number of pyridine rings is 1. The third-order valence-corrected chi connectivity index (χ3v) is 4.92. The van der Waals surface area contributed by atoms with Crippen LogP contribution in [0.2, 0.25) is 0 Å². The van der Waals surface area contributed by atoms with Crippen LogP contribution in [-0.2, 0) is 9.53 Å². The molecule has 154 valence electrons. The number of para-hydroxylation sites is 2. The highest BCUT2D eigenvalue weighted by atomic mass is 19.1. The highest BCUT2D eigenvalue weighted by Gasteiger charge is 2.18. The number of hydrogen-bond acceptors (Lipinski definition) is 4. The molecule has 0 aliphatic carbocycles. The summed E-state index contributed by atoms with van der Waals surface area (Å²) in [6.45, 7) is -0.396. The van der Waals surface area contributed by atoms with E-state index in [1.165, 1.54) is 17.0 Å². The van der Waals surface area contributed by atoms with Gasteiger partial charge in [0, 0.05) is 23.7 Å². The second-order valence-corrected chi connectivity index (χ2v) is 6.94. The Labute approximate surface area is 178 Å². The van der Waals surface area contributed by atoms with Crippen LogP contribution in [0.5, 0.6) is 0 Å². The number of hydrogen-bond donors (Lipinski definition) is 0. The molecule has 1 heterocycles. The predicted molar refractivity (Wildman–Crippen MR) is 117 cm³/mol. The number of rotatable bonds is 5. The maximum Gasteiger partial charge on any atom is 0.339 e.